The Morgan fingerprint density at radius 2 is 2.00 bits per heavy atom. The Hall–Kier alpha value is -2.47. The Balaban J connectivity index is 1.72. The number of halogens is 1. The van der Waals surface area contributed by atoms with Gasteiger partial charge >= 0.3 is 0 Å². The highest BCUT2D eigenvalue weighted by Gasteiger charge is 2.12. The summed E-state index contributed by atoms with van der Waals surface area (Å²) < 4.78 is 2.54. The van der Waals surface area contributed by atoms with Crippen LogP contribution < -0.4 is 5.32 Å². The first kappa shape index (κ1) is 15.4. The van der Waals surface area contributed by atoms with Crippen molar-refractivity contribution in [3.63, 3.8) is 0 Å². The summed E-state index contributed by atoms with van der Waals surface area (Å²) in [6, 6.07) is 15.0. The summed E-state index contributed by atoms with van der Waals surface area (Å²) in [6.45, 7) is 0.362. The number of nitrogens with zero attached hydrogens (tertiary/aromatic N) is 3. The quantitative estimate of drug-likeness (QED) is 0.767. The molecular weight excluding hydrogens is 356 g/mol. The molecule has 0 spiro atoms. The molecule has 1 N–H and O–H groups in total. The molecule has 0 aliphatic carbocycles. The highest BCUT2D eigenvalue weighted by molar-refractivity contribution is 9.10. The second-order valence-corrected chi connectivity index (χ2v) is 5.88. The molecule has 0 saturated heterocycles. The fraction of sp³-hybridized carbons (Fsp3) is 0.118. The van der Waals surface area contributed by atoms with Crippen molar-refractivity contribution in [2.75, 3.05) is 0 Å². The van der Waals surface area contributed by atoms with Gasteiger partial charge in [-0.05, 0) is 46.3 Å². The van der Waals surface area contributed by atoms with E-state index < -0.39 is 0 Å². The minimum absolute atomic E-state index is 0.137. The van der Waals surface area contributed by atoms with Gasteiger partial charge in [0.1, 0.15) is 0 Å². The van der Waals surface area contributed by atoms with Crippen LogP contribution in [0.2, 0.25) is 0 Å². The van der Waals surface area contributed by atoms with Crippen LogP contribution in [0.3, 0.4) is 0 Å². The second kappa shape index (κ2) is 6.75. The lowest BCUT2D eigenvalue weighted by atomic mass is 10.2. The van der Waals surface area contributed by atoms with E-state index in [0.717, 1.165) is 21.6 Å². The number of nitrogens with one attached hydrogen (secondary N) is 1. The van der Waals surface area contributed by atoms with Crippen molar-refractivity contribution in [3.8, 4) is 11.4 Å². The van der Waals surface area contributed by atoms with E-state index in [4.69, 9.17) is 0 Å². The Bertz CT molecular complexity index is 830. The molecule has 5 nitrogen and oxygen atoms in total. The zero-order valence-corrected chi connectivity index (χ0v) is 14.1. The molecule has 2 heterocycles. The molecule has 1 aromatic carbocycles. The van der Waals surface area contributed by atoms with Gasteiger partial charge in [-0.25, -0.2) is 0 Å². The number of aromatic nitrogens is 3. The smallest absolute Gasteiger partial charge is 0.252 e. The summed E-state index contributed by atoms with van der Waals surface area (Å²) in [5, 5.41) is 7.31. The SMILES string of the molecule is Cn1nc(CNC(=O)c2ccccc2Br)cc1-c1ccccn1. The van der Waals surface area contributed by atoms with Crippen molar-refractivity contribution >= 4 is 21.8 Å². The first-order chi connectivity index (χ1) is 11.1. The van der Waals surface area contributed by atoms with Gasteiger partial charge in [-0.3, -0.25) is 14.5 Å². The number of pyridine rings is 1. The van der Waals surface area contributed by atoms with Gasteiger partial charge in [-0.2, -0.15) is 5.10 Å². The molecule has 0 aliphatic heterocycles. The van der Waals surface area contributed by atoms with E-state index in [1.54, 1.807) is 16.9 Å². The Kier molecular flexibility index (Phi) is 4.52. The number of rotatable bonds is 4. The lowest BCUT2D eigenvalue weighted by Gasteiger charge is -2.04. The van der Waals surface area contributed by atoms with E-state index in [9.17, 15) is 4.79 Å². The Morgan fingerprint density at radius 1 is 1.22 bits per heavy atom. The molecule has 2 aromatic heterocycles. The summed E-state index contributed by atoms with van der Waals surface area (Å²) >= 11 is 3.38. The van der Waals surface area contributed by atoms with Crippen molar-refractivity contribution in [2.45, 2.75) is 6.54 Å². The summed E-state index contributed by atoms with van der Waals surface area (Å²) in [5.41, 5.74) is 3.16. The van der Waals surface area contributed by atoms with Gasteiger partial charge in [-0.1, -0.05) is 18.2 Å². The van der Waals surface area contributed by atoms with Gasteiger partial charge in [-0.15, -0.1) is 0 Å². The van der Waals surface area contributed by atoms with E-state index in [1.165, 1.54) is 0 Å². The third-order valence-corrected chi connectivity index (χ3v) is 4.10. The summed E-state index contributed by atoms with van der Waals surface area (Å²) in [5.74, 6) is -0.137. The molecule has 1 amide bonds. The predicted octanol–water partition coefficient (Wildman–Crippen LogP) is 3.17. The van der Waals surface area contributed by atoms with Gasteiger partial charge < -0.3 is 5.32 Å². The zero-order valence-electron chi connectivity index (χ0n) is 12.5. The van der Waals surface area contributed by atoms with E-state index in [2.05, 4.69) is 31.3 Å². The van der Waals surface area contributed by atoms with Crippen LogP contribution in [0.5, 0.6) is 0 Å². The molecule has 0 bridgehead atoms. The van der Waals surface area contributed by atoms with Crippen molar-refractivity contribution in [2.24, 2.45) is 7.05 Å². The maximum Gasteiger partial charge on any atom is 0.252 e. The minimum atomic E-state index is -0.137. The Labute approximate surface area is 142 Å². The van der Waals surface area contributed by atoms with E-state index in [1.807, 2.05) is 49.5 Å². The van der Waals surface area contributed by atoms with Gasteiger partial charge in [0, 0.05) is 17.7 Å². The average molecular weight is 371 g/mol. The number of carbonyl (C=O) groups excluding carboxylic acids is 1. The summed E-state index contributed by atoms with van der Waals surface area (Å²) in [4.78, 5) is 16.5. The van der Waals surface area contributed by atoms with E-state index >= 15 is 0 Å². The second-order valence-electron chi connectivity index (χ2n) is 5.02. The minimum Gasteiger partial charge on any atom is -0.346 e. The average Bonchev–Trinajstić information content (AvgIpc) is 2.95. The molecule has 0 radical (unpaired) electrons. The van der Waals surface area contributed by atoms with Crippen molar-refractivity contribution in [3.05, 3.63) is 70.5 Å². The van der Waals surface area contributed by atoms with Gasteiger partial charge in [0.2, 0.25) is 0 Å². The van der Waals surface area contributed by atoms with Crippen molar-refractivity contribution in [1.29, 1.82) is 0 Å². The maximum atomic E-state index is 12.2. The topological polar surface area (TPSA) is 59.8 Å². The third-order valence-electron chi connectivity index (χ3n) is 3.41. The normalized spacial score (nSPS) is 10.5. The van der Waals surface area contributed by atoms with Crippen LogP contribution in [-0.4, -0.2) is 20.7 Å². The fourth-order valence-corrected chi connectivity index (χ4v) is 2.74. The number of benzene rings is 1. The van der Waals surface area contributed by atoms with Crippen LogP contribution in [0.15, 0.2) is 59.2 Å². The highest BCUT2D eigenvalue weighted by atomic mass is 79.9. The molecule has 0 atom stereocenters. The number of carbonyl (C=O) groups is 1. The van der Waals surface area contributed by atoms with E-state index in [0.29, 0.717) is 12.1 Å². The van der Waals surface area contributed by atoms with Crippen LogP contribution in [0.25, 0.3) is 11.4 Å². The van der Waals surface area contributed by atoms with Crippen LogP contribution in [-0.2, 0) is 13.6 Å². The number of aryl methyl sites for hydroxylation is 1. The molecule has 3 aromatic rings. The molecule has 0 aliphatic rings. The molecule has 0 unspecified atom stereocenters. The summed E-state index contributed by atoms with van der Waals surface area (Å²) in [6.07, 6.45) is 1.75. The van der Waals surface area contributed by atoms with Gasteiger partial charge in [0.15, 0.2) is 0 Å². The molecule has 116 valence electrons. The first-order valence-electron chi connectivity index (χ1n) is 7.12. The van der Waals surface area contributed by atoms with Crippen molar-refractivity contribution in [1.82, 2.24) is 20.1 Å². The molecule has 6 heteroatoms. The van der Waals surface area contributed by atoms with Gasteiger partial charge in [0.05, 0.1) is 29.2 Å². The predicted molar refractivity (Wildman–Crippen MR) is 91.8 cm³/mol. The molecule has 0 saturated carbocycles. The maximum absolute atomic E-state index is 12.2. The Morgan fingerprint density at radius 3 is 2.74 bits per heavy atom. The molecular formula is C17H15BrN4O. The third kappa shape index (κ3) is 3.48. The summed E-state index contributed by atoms with van der Waals surface area (Å²) in [7, 11) is 1.86. The lowest BCUT2D eigenvalue weighted by molar-refractivity contribution is 0.0949. The standard InChI is InChI=1S/C17H15BrN4O/c1-22-16(15-8-4-5-9-19-15)10-12(21-22)11-20-17(23)13-6-2-3-7-14(13)18/h2-10H,11H2,1H3,(H,20,23). The highest BCUT2D eigenvalue weighted by Crippen LogP contribution is 2.18. The zero-order chi connectivity index (χ0) is 16.2. The first-order valence-corrected chi connectivity index (χ1v) is 7.91. The number of hydrogen-bond acceptors (Lipinski definition) is 3. The van der Waals surface area contributed by atoms with Crippen LogP contribution >= 0.6 is 15.9 Å². The number of hydrogen-bond donors (Lipinski definition) is 1. The molecule has 23 heavy (non-hydrogen) atoms. The van der Waals surface area contributed by atoms with Crippen LogP contribution in [0.1, 0.15) is 16.1 Å². The monoisotopic (exact) mass is 370 g/mol. The van der Waals surface area contributed by atoms with Crippen LogP contribution in [0, 0.1) is 0 Å². The largest absolute Gasteiger partial charge is 0.346 e. The molecule has 3 rings (SSSR count). The van der Waals surface area contributed by atoms with Crippen LogP contribution in [0.4, 0.5) is 0 Å². The van der Waals surface area contributed by atoms with E-state index in [-0.39, 0.29) is 5.91 Å². The number of amides is 1. The van der Waals surface area contributed by atoms with Crippen molar-refractivity contribution < 1.29 is 4.79 Å². The fourth-order valence-electron chi connectivity index (χ4n) is 2.28. The molecule has 0 fully saturated rings. The lowest BCUT2D eigenvalue weighted by Crippen LogP contribution is -2.23. The van der Waals surface area contributed by atoms with Gasteiger partial charge in [0.25, 0.3) is 5.91 Å².